The summed E-state index contributed by atoms with van der Waals surface area (Å²) in [6.07, 6.45) is 1.33. The molecule has 10 heteroatoms. The number of nitrogens with zero attached hydrogens (tertiary/aromatic N) is 6. The number of rotatable bonds is 3. The van der Waals surface area contributed by atoms with Crippen LogP contribution in [0.3, 0.4) is 0 Å². The van der Waals surface area contributed by atoms with Gasteiger partial charge in [-0.15, -0.1) is 0 Å². The molecule has 0 bridgehead atoms. The third-order valence-electron chi connectivity index (χ3n) is 5.60. The van der Waals surface area contributed by atoms with Gasteiger partial charge in [0, 0.05) is 37.3 Å². The fraction of sp³-hybridized carbons (Fsp3) is 0.333. The van der Waals surface area contributed by atoms with Crippen molar-refractivity contribution in [2.75, 3.05) is 11.4 Å². The van der Waals surface area contributed by atoms with Gasteiger partial charge in [0.1, 0.15) is 6.04 Å². The van der Waals surface area contributed by atoms with Crippen molar-refractivity contribution in [3.8, 4) is 0 Å². The van der Waals surface area contributed by atoms with Crippen molar-refractivity contribution < 1.29 is 13.2 Å². The van der Waals surface area contributed by atoms with Crippen molar-refractivity contribution in [2.45, 2.75) is 38.4 Å². The van der Waals surface area contributed by atoms with E-state index in [0.717, 1.165) is 40.6 Å². The number of pyridine rings is 1. The molecule has 1 aliphatic rings. The number of anilines is 1. The van der Waals surface area contributed by atoms with Crippen LogP contribution < -0.4 is 4.90 Å². The summed E-state index contributed by atoms with van der Waals surface area (Å²) in [7, 11) is 0. The lowest BCUT2D eigenvalue weighted by Crippen LogP contribution is -2.37. The molecular formula is C21H20F3N7. The Morgan fingerprint density at radius 1 is 1.16 bits per heavy atom. The molecule has 5 rings (SSSR count). The van der Waals surface area contributed by atoms with Crippen molar-refractivity contribution in [3.63, 3.8) is 0 Å². The number of hydrogen-bond acceptors (Lipinski definition) is 5. The molecule has 0 amide bonds. The molecule has 1 aliphatic heterocycles. The number of imidazole rings is 1. The molecule has 0 radical (unpaired) electrons. The van der Waals surface area contributed by atoms with E-state index in [1.54, 1.807) is 6.33 Å². The molecule has 0 saturated carbocycles. The van der Waals surface area contributed by atoms with Crippen LogP contribution in [-0.2, 0) is 12.6 Å². The lowest BCUT2D eigenvalue weighted by Gasteiger charge is -2.33. The van der Waals surface area contributed by atoms with Crippen LogP contribution in [0.5, 0.6) is 0 Å². The van der Waals surface area contributed by atoms with E-state index < -0.39 is 17.8 Å². The summed E-state index contributed by atoms with van der Waals surface area (Å²) in [6.45, 7) is 4.77. The van der Waals surface area contributed by atoms with Crippen molar-refractivity contribution in [2.24, 2.45) is 0 Å². The molecule has 4 aromatic rings. The fourth-order valence-corrected chi connectivity index (χ4v) is 4.09. The second kappa shape index (κ2) is 7.07. The molecule has 0 aliphatic carbocycles. The molecule has 4 aromatic heterocycles. The summed E-state index contributed by atoms with van der Waals surface area (Å²) in [4.78, 5) is 17.6. The highest BCUT2D eigenvalue weighted by Gasteiger charge is 2.36. The average Bonchev–Trinajstić information content (AvgIpc) is 3.38. The Morgan fingerprint density at radius 3 is 2.65 bits per heavy atom. The van der Waals surface area contributed by atoms with Gasteiger partial charge in [-0.25, -0.2) is 19.5 Å². The summed E-state index contributed by atoms with van der Waals surface area (Å²) in [5.41, 5.74) is 3.78. The predicted molar refractivity (Wildman–Crippen MR) is 108 cm³/mol. The van der Waals surface area contributed by atoms with Gasteiger partial charge in [0.25, 0.3) is 0 Å². The van der Waals surface area contributed by atoms with Crippen LogP contribution in [0.25, 0.3) is 5.52 Å². The topological polar surface area (TPSA) is 75.0 Å². The number of fused-ring (bicyclic) bond motifs is 2. The first-order chi connectivity index (χ1) is 14.8. The molecule has 5 heterocycles. The summed E-state index contributed by atoms with van der Waals surface area (Å²) < 4.78 is 40.7. The molecule has 31 heavy (non-hydrogen) atoms. The Bertz CT molecular complexity index is 1220. The maximum atomic E-state index is 13.0. The van der Waals surface area contributed by atoms with Gasteiger partial charge in [-0.1, -0.05) is 19.9 Å². The monoisotopic (exact) mass is 427 g/mol. The first kappa shape index (κ1) is 19.5. The maximum Gasteiger partial charge on any atom is 0.419 e. The van der Waals surface area contributed by atoms with Gasteiger partial charge >= 0.3 is 6.18 Å². The SMILES string of the molecule is CC(C)c1cccn2nc(C3c4nc[nH]c4CCN3c3ncc(C(F)(F)F)cn3)cc12. The zero-order valence-electron chi connectivity index (χ0n) is 16.9. The Kier molecular flexibility index (Phi) is 4.45. The van der Waals surface area contributed by atoms with Crippen molar-refractivity contribution in [3.05, 3.63) is 71.3 Å². The van der Waals surface area contributed by atoms with Crippen molar-refractivity contribution in [1.29, 1.82) is 0 Å². The minimum atomic E-state index is -4.48. The van der Waals surface area contributed by atoms with Gasteiger partial charge in [0.2, 0.25) is 5.95 Å². The first-order valence-electron chi connectivity index (χ1n) is 9.99. The molecule has 1 N–H and O–H groups in total. The Hall–Kier alpha value is -3.43. The summed E-state index contributed by atoms with van der Waals surface area (Å²) in [5, 5.41) is 4.78. The standard InChI is InChI=1S/C21H20F3N7/c1-12(2)14-4-3-6-31-17(14)8-16(29-31)19-18-15(27-11-28-18)5-7-30(19)20-25-9-13(10-26-20)21(22,23)24/h3-4,6,8-12,19H,5,7H2,1-2H3,(H,27,28). The minimum absolute atomic E-state index is 0.216. The highest BCUT2D eigenvalue weighted by Crippen LogP contribution is 2.36. The third kappa shape index (κ3) is 3.31. The van der Waals surface area contributed by atoms with Crippen LogP contribution in [0.4, 0.5) is 19.1 Å². The van der Waals surface area contributed by atoms with Gasteiger partial charge < -0.3 is 9.88 Å². The van der Waals surface area contributed by atoms with Crippen LogP contribution in [-0.4, -0.2) is 36.1 Å². The van der Waals surface area contributed by atoms with E-state index in [1.165, 1.54) is 0 Å². The van der Waals surface area contributed by atoms with E-state index in [-0.39, 0.29) is 5.95 Å². The van der Waals surface area contributed by atoms with Gasteiger partial charge in [-0.3, -0.25) is 0 Å². The van der Waals surface area contributed by atoms with Crippen LogP contribution in [0.2, 0.25) is 0 Å². The lowest BCUT2D eigenvalue weighted by molar-refractivity contribution is -0.138. The quantitative estimate of drug-likeness (QED) is 0.532. The first-order valence-corrected chi connectivity index (χ1v) is 9.99. The molecule has 0 fully saturated rings. The number of halogens is 3. The molecule has 0 aromatic carbocycles. The third-order valence-corrected chi connectivity index (χ3v) is 5.60. The second-order valence-electron chi connectivity index (χ2n) is 7.90. The summed E-state index contributed by atoms with van der Waals surface area (Å²) in [6, 6.07) is 5.63. The summed E-state index contributed by atoms with van der Waals surface area (Å²) in [5.74, 6) is 0.530. The van der Waals surface area contributed by atoms with E-state index in [4.69, 9.17) is 5.10 Å². The number of H-pyrrole nitrogens is 1. The molecule has 0 saturated heterocycles. The highest BCUT2D eigenvalue weighted by molar-refractivity contribution is 5.58. The highest BCUT2D eigenvalue weighted by atomic mass is 19.4. The number of aromatic amines is 1. The van der Waals surface area contributed by atoms with Gasteiger partial charge in [0.15, 0.2) is 0 Å². The summed E-state index contributed by atoms with van der Waals surface area (Å²) >= 11 is 0. The van der Waals surface area contributed by atoms with Crippen molar-refractivity contribution >= 4 is 11.5 Å². The maximum absolute atomic E-state index is 13.0. The Labute approximate surface area is 176 Å². The van der Waals surface area contributed by atoms with Crippen LogP contribution >= 0.6 is 0 Å². The smallest absolute Gasteiger partial charge is 0.348 e. The zero-order chi connectivity index (χ0) is 21.8. The molecule has 7 nitrogen and oxygen atoms in total. The molecular weight excluding hydrogens is 407 g/mol. The van der Waals surface area contributed by atoms with E-state index in [9.17, 15) is 13.2 Å². The molecule has 160 valence electrons. The Balaban J connectivity index is 1.62. The lowest BCUT2D eigenvalue weighted by atomic mass is 9.99. The van der Waals surface area contributed by atoms with E-state index >= 15 is 0 Å². The number of alkyl halides is 3. The van der Waals surface area contributed by atoms with Crippen LogP contribution in [0.15, 0.2) is 43.1 Å². The zero-order valence-corrected chi connectivity index (χ0v) is 16.9. The normalized spacial score (nSPS) is 16.8. The predicted octanol–water partition coefficient (Wildman–Crippen LogP) is 4.14. The van der Waals surface area contributed by atoms with E-state index in [2.05, 4.69) is 39.8 Å². The number of hydrogen-bond donors (Lipinski definition) is 1. The molecule has 1 unspecified atom stereocenters. The van der Waals surface area contributed by atoms with E-state index in [0.29, 0.717) is 18.9 Å². The largest absolute Gasteiger partial charge is 0.419 e. The van der Waals surface area contributed by atoms with E-state index in [1.807, 2.05) is 27.7 Å². The fourth-order valence-electron chi connectivity index (χ4n) is 4.09. The Morgan fingerprint density at radius 2 is 1.94 bits per heavy atom. The van der Waals surface area contributed by atoms with Gasteiger partial charge in [-0.2, -0.15) is 18.3 Å². The number of aromatic nitrogens is 6. The second-order valence-corrected chi connectivity index (χ2v) is 7.90. The van der Waals surface area contributed by atoms with Crippen molar-refractivity contribution in [1.82, 2.24) is 29.5 Å². The van der Waals surface area contributed by atoms with Crippen LogP contribution in [0.1, 0.15) is 54.0 Å². The molecule has 0 spiro atoms. The number of nitrogens with one attached hydrogen (secondary N) is 1. The minimum Gasteiger partial charge on any atom is -0.348 e. The average molecular weight is 427 g/mol. The van der Waals surface area contributed by atoms with Gasteiger partial charge in [0.05, 0.1) is 28.8 Å². The van der Waals surface area contributed by atoms with Gasteiger partial charge in [-0.05, 0) is 23.6 Å². The van der Waals surface area contributed by atoms with Crippen LogP contribution in [0, 0.1) is 0 Å². The molecule has 1 atom stereocenters.